The molecule has 0 aromatic rings. The monoisotopic (exact) mass is 796 g/mol. The maximum atomic E-state index is 12.7. The predicted octanol–water partition coefficient (Wildman–Crippen LogP) is 11.7. The molecule has 2 unspecified atom stereocenters. The molecule has 0 bridgehead atoms. The molecule has 0 saturated heterocycles. The van der Waals surface area contributed by atoms with Gasteiger partial charge in [0.05, 0.1) is 27.7 Å². The second kappa shape index (κ2) is 37.5. The van der Waals surface area contributed by atoms with E-state index in [1.165, 1.54) is 70.6 Å². The van der Waals surface area contributed by atoms with Crippen LogP contribution in [0.2, 0.25) is 0 Å². The van der Waals surface area contributed by atoms with E-state index in [-0.39, 0.29) is 26.1 Å². The van der Waals surface area contributed by atoms with Gasteiger partial charge in [0.2, 0.25) is 0 Å². The van der Waals surface area contributed by atoms with Crippen LogP contribution in [0.4, 0.5) is 0 Å². The van der Waals surface area contributed by atoms with E-state index in [1.54, 1.807) is 0 Å². The minimum absolute atomic E-state index is 0.0322. The van der Waals surface area contributed by atoms with Crippen LogP contribution >= 0.6 is 7.82 Å². The number of allylic oxidation sites excluding steroid dienone is 8. The van der Waals surface area contributed by atoms with Crippen LogP contribution in [0.15, 0.2) is 48.6 Å². The summed E-state index contributed by atoms with van der Waals surface area (Å²) >= 11 is 0. The molecule has 0 heterocycles. The molecular formula is C45H82NO8P. The van der Waals surface area contributed by atoms with Gasteiger partial charge >= 0.3 is 11.9 Å². The van der Waals surface area contributed by atoms with Crippen molar-refractivity contribution in [3.05, 3.63) is 48.6 Å². The number of phosphoric ester groups is 1. The second-order valence-electron chi connectivity index (χ2n) is 15.7. The van der Waals surface area contributed by atoms with Crippen molar-refractivity contribution in [2.45, 2.75) is 180 Å². The van der Waals surface area contributed by atoms with Gasteiger partial charge in [-0.1, -0.05) is 159 Å². The van der Waals surface area contributed by atoms with Crippen LogP contribution in [0.5, 0.6) is 0 Å². The lowest BCUT2D eigenvalue weighted by Crippen LogP contribution is -2.37. The van der Waals surface area contributed by atoms with Gasteiger partial charge in [0, 0.05) is 12.8 Å². The summed E-state index contributed by atoms with van der Waals surface area (Å²) in [6, 6.07) is 0. The highest BCUT2D eigenvalue weighted by molar-refractivity contribution is 7.45. The first-order valence-electron chi connectivity index (χ1n) is 21.8. The number of quaternary nitrogens is 1. The Labute approximate surface area is 337 Å². The molecule has 0 amide bonds. The first kappa shape index (κ1) is 53.0. The molecule has 0 aromatic heterocycles. The fraction of sp³-hybridized carbons (Fsp3) is 0.778. The van der Waals surface area contributed by atoms with Crippen LogP contribution < -0.4 is 4.89 Å². The summed E-state index contributed by atoms with van der Waals surface area (Å²) < 4.78 is 33.8. The lowest BCUT2D eigenvalue weighted by atomic mass is 10.0. The molecule has 0 aliphatic carbocycles. The summed E-state index contributed by atoms with van der Waals surface area (Å²) in [5, 5.41) is 0. The molecular weight excluding hydrogens is 713 g/mol. The summed E-state index contributed by atoms with van der Waals surface area (Å²) in [5.41, 5.74) is 0. The van der Waals surface area contributed by atoms with Gasteiger partial charge in [-0.2, -0.15) is 0 Å². The summed E-state index contributed by atoms with van der Waals surface area (Å²) in [6.07, 6.45) is 42.9. The molecule has 10 heteroatoms. The van der Waals surface area contributed by atoms with E-state index < -0.39 is 32.5 Å². The number of ether oxygens (including phenoxy) is 2. The topological polar surface area (TPSA) is 111 Å². The standard InChI is InChI=1S/C45H82NO8P/c1-6-8-10-12-14-16-17-18-19-20-21-22-23-24-25-26-27-28-29-30-32-34-36-38-45(48)54-43(42-53-55(49,50)52-40-39-46(3,4)5)41-51-44(47)37-35-33-31-15-13-11-9-7-2/h8,10,14,16,18-19,21-22,43H,6-7,9,11-13,15,17,20,23-42H2,1-5H3/b10-8-,16-14-,19-18-,22-21-. The second-order valence-corrected chi connectivity index (χ2v) is 17.1. The van der Waals surface area contributed by atoms with Crippen molar-refractivity contribution < 1.29 is 42.1 Å². The zero-order chi connectivity index (χ0) is 40.7. The molecule has 0 N–H and O–H groups in total. The van der Waals surface area contributed by atoms with E-state index in [2.05, 4.69) is 62.5 Å². The van der Waals surface area contributed by atoms with Crippen LogP contribution in [-0.4, -0.2) is 70.0 Å². The van der Waals surface area contributed by atoms with Crippen molar-refractivity contribution >= 4 is 19.8 Å². The van der Waals surface area contributed by atoms with Crippen LogP contribution in [0.3, 0.4) is 0 Å². The number of hydrogen-bond acceptors (Lipinski definition) is 8. The summed E-state index contributed by atoms with van der Waals surface area (Å²) in [6.45, 7) is 4.07. The summed E-state index contributed by atoms with van der Waals surface area (Å²) in [5.74, 6) is -0.844. The Morgan fingerprint density at radius 3 is 1.55 bits per heavy atom. The first-order chi connectivity index (χ1) is 26.5. The number of phosphoric acid groups is 1. The number of rotatable bonds is 39. The predicted molar refractivity (Wildman–Crippen MR) is 227 cm³/mol. The van der Waals surface area contributed by atoms with E-state index >= 15 is 0 Å². The Morgan fingerprint density at radius 1 is 0.582 bits per heavy atom. The van der Waals surface area contributed by atoms with Crippen molar-refractivity contribution in [1.29, 1.82) is 0 Å². The average molecular weight is 796 g/mol. The molecule has 55 heavy (non-hydrogen) atoms. The minimum atomic E-state index is -4.62. The number of esters is 2. The van der Waals surface area contributed by atoms with E-state index in [1.807, 2.05) is 21.1 Å². The van der Waals surface area contributed by atoms with Gasteiger partial charge in [-0.3, -0.25) is 14.2 Å². The number of carbonyl (C=O) groups excluding carboxylic acids is 2. The Hall–Kier alpha value is -2.03. The maximum absolute atomic E-state index is 12.7. The smallest absolute Gasteiger partial charge is 0.306 e. The number of hydrogen-bond donors (Lipinski definition) is 0. The summed E-state index contributed by atoms with van der Waals surface area (Å²) in [7, 11) is 1.16. The fourth-order valence-electron chi connectivity index (χ4n) is 5.70. The number of unbranched alkanes of at least 4 members (excludes halogenated alkanes) is 17. The van der Waals surface area contributed by atoms with Gasteiger partial charge in [0.25, 0.3) is 7.82 Å². The molecule has 0 spiro atoms. The summed E-state index contributed by atoms with van der Waals surface area (Å²) in [4.78, 5) is 37.4. The van der Waals surface area contributed by atoms with Crippen LogP contribution in [0.1, 0.15) is 174 Å². The first-order valence-corrected chi connectivity index (χ1v) is 23.3. The van der Waals surface area contributed by atoms with Crippen LogP contribution in [0.25, 0.3) is 0 Å². The Balaban J connectivity index is 4.22. The third-order valence-electron chi connectivity index (χ3n) is 9.11. The Morgan fingerprint density at radius 2 is 1.04 bits per heavy atom. The van der Waals surface area contributed by atoms with Crippen molar-refractivity contribution in [3.63, 3.8) is 0 Å². The van der Waals surface area contributed by atoms with Crippen molar-refractivity contribution in [1.82, 2.24) is 0 Å². The van der Waals surface area contributed by atoms with Crippen LogP contribution in [0, 0.1) is 0 Å². The number of nitrogens with zero attached hydrogens (tertiary/aromatic N) is 1. The Bertz CT molecular complexity index is 1080. The van der Waals surface area contributed by atoms with E-state index in [9.17, 15) is 19.0 Å². The average Bonchev–Trinajstić information content (AvgIpc) is 3.13. The molecule has 0 saturated carbocycles. The third kappa shape index (κ3) is 41.4. The van der Waals surface area contributed by atoms with E-state index in [0.717, 1.165) is 70.6 Å². The highest BCUT2D eigenvalue weighted by Gasteiger charge is 2.21. The van der Waals surface area contributed by atoms with Gasteiger partial charge in [0.1, 0.15) is 19.8 Å². The van der Waals surface area contributed by atoms with Gasteiger partial charge in [-0.05, 0) is 51.4 Å². The highest BCUT2D eigenvalue weighted by atomic mass is 31.2. The van der Waals surface area contributed by atoms with Gasteiger partial charge in [-0.15, -0.1) is 0 Å². The third-order valence-corrected chi connectivity index (χ3v) is 10.1. The quantitative estimate of drug-likeness (QED) is 0.0199. The molecule has 9 nitrogen and oxygen atoms in total. The highest BCUT2D eigenvalue weighted by Crippen LogP contribution is 2.38. The molecule has 0 aliphatic rings. The lowest BCUT2D eigenvalue weighted by molar-refractivity contribution is -0.870. The Kier molecular flexibility index (Phi) is 36.2. The van der Waals surface area contributed by atoms with Crippen molar-refractivity contribution in [2.24, 2.45) is 0 Å². The largest absolute Gasteiger partial charge is 0.756 e. The number of carbonyl (C=O) groups is 2. The van der Waals surface area contributed by atoms with Crippen LogP contribution in [-0.2, 0) is 32.7 Å². The van der Waals surface area contributed by atoms with Gasteiger partial charge in [0.15, 0.2) is 6.10 Å². The van der Waals surface area contributed by atoms with Gasteiger partial charge < -0.3 is 27.9 Å². The molecule has 0 aliphatic heterocycles. The van der Waals surface area contributed by atoms with Crippen molar-refractivity contribution in [2.75, 3.05) is 47.5 Å². The lowest BCUT2D eigenvalue weighted by Gasteiger charge is -2.28. The fourth-order valence-corrected chi connectivity index (χ4v) is 6.43. The van der Waals surface area contributed by atoms with Gasteiger partial charge in [-0.25, -0.2) is 0 Å². The van der Waals surface area contributed by atoms with Crippen molar-refractivity contribution in [3.8, 4) is 0 Å². The molecule has 0 radical (unpaired) electrons. The number of likely N-dealkylation sites (N-methyl/N-ethyl adjacent to an activating group) is 1. The maximum Gasteiger partial charge on any atom is 0.306 e. The molecule has 0 fully saturated rings. The normalized spacial score (nSPS) is 14.1. The zero-order valence-corrected chi connectivity index (χ0v) is 36.8. The zero-order valence-electron chi connectivity index (χ0n) is 35.9. The minimum Gasteiger partial charge on any atom is -0.756 e. The van der Waals surface area contributed by atoms with E-state index in [0.29, 0.717) is 17.4 Å². The SMILES string of the molecule is CC/C=C\C/C=C\C/C=C\C/C=C\CCCCCCCCCCCCC(=O)OC(COC(=O)CCCCCCCCCC)COP(=O)([O-])OCC[N+](C)(C)C. The molecule has 2 atom stereocenters. The molecule has 0 rings (SSSR count). The van der Waals surface area contributed by atoms with E-state index in [4.69, 9.17) is 18.5 Å². The molecule has 0 aromatic carbocycles. The molecule has 320 valence electrons.